The van der Waals surface area contributed by atoms with Crippen LogP contribution in [0.3, 0.4) is 0 Å². The number of aliphatic hydroxyl groups is 1. The van der Waals surface area contributed by atoms with E-state index in [1.54, 1.807) is 11.3 Å². The van der Waals surface area contributed by atoms with Crippen molar-refractivity contribution < 1.29 is 5.11 Å². The predicted molar refractivity (Wildman–Crippen MR) is 87.4 cm³/mol. The van der Waals surface area contributed by atoms with Gasteiger partial charge in [0.05, 0.1) is 5.69 Å². The first kappa shape index (κ1) is 14.7. The maximum atomic E-state index is 9.21. The molecule has 1 unspecified atom stereocenters. The van der Waals surface area contributed by atoms with Gasteiger partial charge in [0.2, 0.25) is 0 Å². The Morgan fingerprint density at radius 3 is 2.81 bits per heavy atom. The summed E-state index contributed by atoms with van der Waals surface area (Å²) in [5.74, 6) is 0.449. The Morgan fingerprint density at radius 2 is 2.14 bits per heavy atom. The van der Waals surface area contributed by atoms with E-state index in [1.807, 2.05) is 0 Å². The Labute approximate surface area is 130 Å². The largest absolute Gasteiger partial charge is 0.396 e. The van der Waals surface area contributed by atoms with Crippen molar-refractivity contribution in [3.8, 4) is 10.6 Å². The molecule has 2 aromatic rings. The molecule has 1 aliphatic heterocycles. The SMILES string of the molecule is CCc1ccc(-c2nc(CN3CCC(CO)C3)cs2)cc1. The average Bonchev–Trinajstić information content (AvgIpc) is 3.17. The summed E-state index contributed by atoms with van der Waals surface area (Å²) in [5.41, 5.74) is 3.72. The van der Waals surface area contributed by atoms with E-state index < -0.39 is 0 Å². The van der Waals surface area contributed by atoms with E-state index in [0.29, 0.717) is 12.5 Å². The van der Waals surface area contributed by atoms with Crippen molar-refractivity contribution in [2.75, 3.05) is 19.7 Å². The predicted octanol–water partition coefficient (Wildman–Crippen LogP) is 3.19. The van der Waals surface area contributed by atoms with Crippen LogP contribution in [0.1, 0.15) is 24.6 Å². The van der Waals surface area contributed by atoms with E-state index in [0.717, 1.165) is 43.2 Å². The fourth-order valence-corrected chi connectivity index (χ4v) is 3.65. The molecule has 21 heavy (non-hydrogen) atoms. The Hall–Kier alpha value is -1.23. The minimum absolute atomic E-state index is 0.308. The summed E-state index contributed by atoms with van der Waals surface area (Å²) in [7, 11) is 0. The van der Waals surface area contributed by atoms with E-state index in [2.05, 4.69) is 41.5 Å². The molecule has 1 aromatic carbocycles. The zero-order valence-corrected chi connectivity index (χ0v) is 13.3. The number of aryl methyl sites for hydroxylation is 1. The summed E-state index contributed by atoms with van der Waals surface area (Å²) in [6.07, 6.45) is 2.18. The zero-order chi connectivity index (χ0) is 14.7. The van der Waals surface area contributed by atoms with Gasteiger partial charge in [-0.2, -0.15) is 0 Å². The molecule has 1 aromatic heterocycles. The van der Waals surface area contributed by atoms with E-state index in [4.69, 9.17) is 4.98 Å². The van der Waals surface area contributed by atoms with E-state index >= 15 is 0 Å². The smallest absolute Gasteiger partial charge is 0.123 e. The number of thiazole rings is 1. The molecule has 1 N–H and O–H groups in total. The lowest BCUT2D eigenvalue weighted by Crippen LogP contribution is -2.21. The fraction of sp³-hybridized carbons (Fsp3) is 0.471. The third-order valence-electron chi connectivity index (χ3n) is 4.17. The molecule has 0 aliphatic carbocycles. The van der Waals surface area contributed by atoms with Crippen LogP contribution in [0.15, 0.2) is 29.6 Å². The van der Waals surface area contributed by atoms with Gasteiger partial charge in [-0.05, 0) is 30.9 Å². The van der Waals surface area contributed by atoms with Gasteiger partial charge in [-0.3, -0.25) is 4.90 Å². The van der Waals surface area contributed by atoms with Crippen molar-refractivity contribution in [2.45, 2.75) is 26.3 Å². The standard InChI is InChI=1S/C17H22N2OS/c1-2-13-3-5-15(6-4-13)17-18-16(12-21-17)10-19-8-7-14(9-19)11-20/h3-6,12,14,20H,2,7-11H2,1H3. The van der Waals surface area contributed by atoms with Gasteiger partial charge in [0, 0.05) is 30.6 Å². The minimum atomic E-state index is 0.308. The summed E-state index contributed by atoms with van der Waals surface area (Å²) in [6, 6.07) is 8.70. The molecule has 4 heteroatoms. The lowest BCUT2D eigenvalue weighted by Gasteiger charge is -2.13. The van der Waals surface area contributed by atoms with Crippen molar-refractivity contribution in [2.24, 2.45) is 5.92 Å². The molecule has 1 fully saturated rings. The van der Waals surface area contributed by atoms with E-state index in [9.17, 15) is 5.11 Å². The average molecular weight is 302 g/mol. The van der Waals surface area contributed by atoms with Gasteiger partial charge in [0.25, 0.3) is 0 Å². The topological polar surface area (TPSA) is 36.4 Å². The quantitative estimate of drug-likeness (QED) is 0.921. The first-order chi connectivity index (χ1) is 10.3. The van der Waals surface area contributed by atoms with Crippen molar-refractivity contribution >= 4 is 11.3 Å². The second-order valence-corrected chi connectivity index (χ2v) is 6.62. The first-order valence-corrected chi connectivity index (χ1v) is 8.53. The maximum Gasteiger partial charge on any atom is 0.123 e. The molecule has 0 radical (unpaired) electrons. The van der Waals surface area contributed by atoms with Crippen LogP contribution in [0.4, 0.5) is 0 Å². The summed E-state index contributed by atoms with van der Waals surface area (Å²) in [4.78, 5) is 7.15. The molecule has 1 aliphatic rings. The summed E-state index contributed by atoms with van der Waals surface area (Å²) >= 11 is 1.72. The Kier molecular flexibility index (Phi) is 4.68. The molecule has 3 nitrogen and oxygen atoms in total. The third-order valence-corrected chi connectivity index (χ3v) is 5.11. The van der Waals surface area contributed by atoms with Crippen molar-refractivity contribution in [1.82, 2.24) is 9.88 Å². The monoisotopic (exact) mass is 302 g/mol. The number of aromatic nitrogens is 1. The summed E-state index contributed by atoms with van der Waals surface area (Å²) < 4.78 is 0. The second-order valence-electron chi connectivity index (χ2n) is 5.77. The van der Waals surface area contributed by atoms with Crippen LogP contribution in [0.25, 0.3) is 10.6 Å². The lowest BCUT2D eigenvalue weighted by molar-refractivity contribution is 0.219. The Morgan fingerprint density at radius 1 is 1.33 bits per heavy atom. The van der Waals surface area contributed by atoms with Gasteiger partial charge >= 0.3 is 0 Å². The molecule has 112 valence electrons. The third kappa shape index (κ3) is 3.51. The lowest BCUT2D eigenvalue weighted by atomic mass is 10.1. The normalized spacial score (nSPS) is 19.2. The van der Waals surface area contributed by atoms with Crippen LogP contribution in [0.2, 0.25) is 0 Å². The molecular formula is C17H22N2OS. The zero-order valence-electron chi connectivity index (χ0n) is 12.5. The number of benzene rings is 1. The first-order valence-electron chi connectivity index (χ1n) is 7.65. The number of nitrogens with zero attached hydrogens (tertiary/aromatic N) is 2. The van der Waals surface area contributed by atoms with E-state index in [-0.39, 0.29) is 0 Å². The van der Waals surface area contributed by atoms with Crippen LogP contribution in [0.5, 0.6) is 0 Å². The molecule has 2 heterocycles. The second kappa shape index (κ2) is 6.69. The van der Waals surface area contributed by atoms with Crippen molar-refractivity contribution in [1.29, 1.82) is 0 Å². The Balaban J connectivity index is 1.65. The maximum absolute atomic E-state index is 9.21. The van der Waals surface area contributed by atoms with E-state index in [1.165, 1.54) is 11.1 Å². The van der Waals surface area contributed by atoms with Crippen molar-refractivity contribution in [3.05, 3.63) is 40.9 Å². The van der Waals surface area contributed by atoms with Crippen LogP contribution in [-0.4, -0.2) is 34.7 Å². The highest BCUT2D eigenvalue weighted by Gasteiger charge is 2.22. The molecule has 0 spiro atoms. The van der Waals surface area contributed by atoms with Crippen molar-refractivity contribution in [3.63, 3.8) is 0 Å². The molecule has 0 bridgehead atoms. The number of hydrogen-bond acceptors (Lipinski definition) is 4. The Bertz CT molecular complexity index is 579. The number of rotatable bonds is 5. The molecular weight excluding hydrogens is 280 g/mol. The molecule has 3 rings (SSSR count). The number of hydrogen-bond donors (Lipinski definition) is 1. The molecule has 0 amide bonds. The number of aliphatic hydroxyl groups excluding tert-OH is 1. The van der Waals surface area contributed by atoms with Crippen LogP contribution < -0.4 is 0 Å². The van der Waals surface area contributed by atoms with Crippen LogP contribution in [0, 0.1) is 5.92 Å². The van der Waals surface area contributed by atoms with Crippen LogP contribution >= 0.6 is 11.3 Å². The molecule has 0 saturated carbocycles. The fourth-order valence-electron chi connectivity index (χ4n) is 2.83. The van der Waals surface area contributed by atoms with Gasteiger partial charge in [0.15, 0.2) is 0 Å². The highest BCUT2D eigenvalue weighted by Crippen LogP contribution is 2.26. The van der Waals surface area contributed by atoms with Gasteiger partial charge in [0.1, 0.15) is 5.01 Å². The molecule has 1 atom stereocenters. The summed E-state index contributed by atoms with van der Waals surface area (Å²) in [6.45, 7) is 5.45. The van der Waals surface area contributed by atoms with Crippen LogP contribution in [-0.2, 0) is 13.0 Å². The summed E-state index contributed by atoms with van der Waals surface area (Å²) in [5, 5.41) is 12.5. The number of likely N-dealkylation sites (tertiary alicyclic amines) is 1. The van der Waals surface area contributed by atoms with Gasteiger partial charge in [-0.1, -0.05) is 31.2 Å². The highest BCUT2D eigenvalue weighted by atomic mass is 32.1. The van der Waals surface area contributed by atoms with Gasteiger partial charge < -0.3 is 5.11 Å². The van der Waals surface area contributed by atoms with Gasteiger partial charge in [-0.15, -0.1) is 11.3 Å². The van der Waals surface area contributed by atoms with Gasteiger partial charge in [-0.25, -0.2) is 4.98 Å². The molecule has 1 saturated heterocycles. The highest BCUT2D eigenvalue weighted by molar-refractivity contribution is 7.13. The minimum Gasteiger partial charge on any atom is -0.396 e.